The smallest absolute Gasteiger partial charge is 0.138 e. The molecule has 0 aliphatic carbocycles. The van der Waals surface area contributed by atoms with Crippen molar-refractivity contribution in [1.29, 1.82) is 0 Å². The summed E-state index contributed by atoms with van der Waals surface area (Å²) in [5.74, 6) is 0.582. The minimum Gasteiger partial charge on any atom is -0.330 e. The van der Waals surface area contributed by atoms with Gasteiger partial charge in [0.1, 0.15) is 12.7 Å². The summed E-state index contributed by atoms with van der Waals surface area (Å²) in [6.07, 6.45) is 4.42. The summed E-state index contributed by atoms with van der Waals surface area (Å²) >= 11 is 0. The molecule has 2 unspecified atom stereocenters. The van der Waals surface area contributed by atoms with Crippen LogP contribution < -0.4 is 5.73 Å². The van der Waals surface area contributed by atoms with Crippen molar-refractivity contribution < 1.29 is 0 Å². The van der Waals surface area contributed by atoms with Crippen molar-refractivity contribution in [1.82, 2.24) is 19.7 Å². The molecule has 2 N–H and O–H groups in total. The van der Waals surface area contributed by atoms with Crippen LogP contribution in [0.2, 0.25) is 0 Å². The van der Waals surface area contributed by atoms with E-state index >= 15 is 0 Å². The zero-order valence-corrected chi connectivity index (χ0v) is 11.1. The SMILES string of the molecule is CN1CC(CN)CC1c1ccccc1-n1cncn1. The summed E-state index contributed by atoms with van der Waals surface area (Å²) in [4.78, 5) is 6.42. The maximum Gasteiger partial charge on any atom is 0.138 e. The number of likely N-dealkylation sites (tertiary alicyclic amines) is 1. The number of para-hydroxylation sites is 1. The van der Waals surface area contributed by atoms with E-state index in [1.54, 1.807) is 12.7 Å². The van der Waals surface area contributed by atoms with E-state index in [2.05, 4.69) is 40.2 Å². The van der Waals surface area contributed by atoms with Gasteiger partial charge in [0, 0.05) is 12.6 Å². The third-order valence-electron chi connectivity index (χ3n) is 3.93. The molecule has 2 heterocycles. The molecule has 0 spiro atoms. The molecule has 2 atom stereocenters. The Morgan fingerprint density at radius 1 is 1.37 bits per heavy atom. The number of benzene rings is 1. The number of aromatic nitrogens is 3. The summed E-state index contributed by atoms with van der Waals surface area (Å²) in [6, 6.07) is 8.80. The number of nitrogens with two attached hydrogens (primary N) is 1. The third-order valence-corrected chi connectivity index (χ3v) is 3.93. The third kappa shape index (κ3) is 2.27. The average Bonchev–Trinajstić information content (AvgIpc) is 3.08. The van der Waals surface area contributed by atoms with Crippen LogP contribution in [0.1, 0.15) is 18.0 Å². The van der Waals surface area contributed by atoms with Gasteiger partial charge in [-0.05, 0) is 37.6 Å². The normalized spacial score (nSPS) is 23.9. The fraction of sp³-hybridized carbons (Fsp3) is 0.429. The summed E-state index contributed by atoms with van der Waals surface area (Å²) in [5, 5.41) is 4.25. The van der Waals surface area contributed by atoms with Gasteiger partial charge in [-0.3, -0.25) is 4.90 Å². The minimum atomic E-state index is 0.411. The van der Waals surface area contributed by atoms with Crippen molar-refractivity contribution >= 4 is 0 Å². The van der Waals surface area contributed by atoms with Gasteiger partial charge < -0.3 is 5.73 Å². The van der Waals surface area contributed by atoms with Gasteiger partial charge >= 0.3 is 0 Å². The topological polar surface area (TPSA) is 60.0 Å². The summed E-state index contributed by atoms with van der Waals surface area (Å²) < 4.78 is 1.83. The van der Waals surface area contributed by atoms with E-state index < -0.39 is 0 Å². The zero-order chi connectivity index (χ0) is 13.2. The van der Waals surface area contributed by atoms with E-state index in [9.17, 15) is 0 Å². The first kappa shape index (κ1) is 12.3. The summed E-state index contributed by atoms with van der Waals surface area (Å²) in [6.45, 7) is 1.82. The molecular formula is C14H19N5. The van der Waals surface area contributed by atoms with E-state index in [1.807, 2.05) is 10.7 Å². The second-order valence-corrected chi connectivity index (χ2v) is 5.19. The van der Waals surface area contributed by atoms with Crippen LogP contribution in [-0.4, -0.2) is 39.8 Å². The first-order chi connectivity index (χ1) is 9.29. The van der Waals surface area contributed by atoms with Gasteiger partial charge in [-0.2, -0.15) is 5.10 Å². The molecule has 5 nitrogen and oxygen atoms in total. The minimum absolute atomic E-state index is 0.411. The Hall–Kier alpha value is -1.72. The fourth-order valence-electron chi connectivity index (χ4n) is 2.95. The van der Waals surface area contributed by atoms with Crippen LogP contribution in [0.4, 0.5) is 0 Å². The quantitative estimate of drug-likeness (QED) is 0.898. The molecule has 1 saturated heterocycles. The van der Waals surface area contributed by atoms with Crippen LogP contribution in [0.5, 0.6) is 0 Å². The Morgan fingerprint density at radius 3 is 2.89 bits per heavy atom. The predicted octanol–water partition coefficient (Wildman–Crippen LogP) is 1.22. The molecule has 19 heavy (non-hydrogen) atoms. The number of nitrogens with zero attached hydrogens (tertiary/aromatic N) is 4. The van der Waals surface area contributed by atoms with E-state index in [0.29, 0.717) is 12.0 Å². The maximum atomic E-state index is 5.81. The average molecular weight is 257 g/mol. The van der Waals surface area contributed by atoms with Gasteiger partial charge in [-0.15, -0.1) is 0 Å². The van der Waals surface area contributed by atoms with Crippen molar-refractivity contribution in [3.63, 3.8) is 0 Å². The van der Waals surface area contributed by atoms with Crippen molar-refractivity contribution in [2.45, 2.75) is 12.5 Å². The standard InChI is InChI=1S/C14H19N5/c1-18-8-11(7-15)6-14(18)12-4-2-3-5-13(12)19-10-16-9-17-19/h2-5,9-11,14H,6-8,15H2,1H3. The highest BCUT2D eigenvalue weighted by Crippen LogP contribution is 2.36. The van der Waals surface area contributed by atoms with E-state index in [-0.39, 0.29) is 0 Å². The molecule has 0 radical (unpaired) electrons. The first-order valence-corrected chi connectivity index (χ1v) is 6.64. The predicted molar refractivity (Wildman–Crippen MR) is 73.9 cm³/mol. The van der Waals surface area contributed by atoms with E-state index in [4.69, 9.17) is 5.73 Å². The van der Waals surface area contributed by atoms with Crippen molar-refractivity contribution in [2.75, 3.05) is 20.1 Å². The number of hydrogen-bond acceptors (Lipinski definition) is 4. The Labute approximate surface area is 113 Å². The van der Waals surface area contributed by atoms with Crippen LogP contribution in [0.3, 0.4) is 0 Å². The van der Waals surface area contributed by atoms with Gasteiger partial charge in [0.2, 0.25) is 0 Å². The second-order valence-electron chi connectivity index (χ2n) is 5.19. The van der Waals surface area contributed by atoms with Gasteiger partial charge in [0.05, 0.1) is 5.69 Å². The summed E-state index contributed by atoms with van der Waals surface area (Å²) in [7, 11) is 2.17. The zero-order valence-electron chi connectivity index (χ0n) is 11.1. The molecule has 1 aliphatic rings. The van der Waals surface area contributed by atoms with Crippen LogP contribution in [0, 0.1) is 5.92 Å². The Balaban J connectivity index is 1.97. The molecule has 1 aromatic carbocycles. The van der Waals surface area contributed by atoms with Crippen LogP contribution >= 0.6 is 0 Å². The molecule has 5 heteroatoms. The largest absolute Gasteiger partial charge is 0.330 e. The highest BCUT2D eigenvalue weighted by molar-refractivity contribution is 5.42. The molecule has 2 aromatic rings. The lowest BCUT2D eigenvalue weighted by Crippen LogP contribution is -2.21. The van der Waals surface area contributed by atoms with Crippen molar-refractivity contribution in [3.05, 3.63) is 42.5 Å². The lowest BCUT2D eigenvalue weighted by Gasteiger charge is -2.22. The molecule has 1 fully saturated rings. The maximum absolute atomic E-state index is 5.81. The van der Waals surface area contributed by atoms with Crippen molar-refractivity contribution in [3.8, 4) is 5.69 Å². The Kier molecular flexibility index (Phi) is 3.31. The molecule has 3 rings (SSSR count). The molecule has 0 saturated carbocycles. The van der Waals surface area contributed by atoms with E-state index in [0.717, 1.165) is 25.2 Å². The Bertz CT molecular complexity index is 537. The molecule has 1 aliphatic heterocycles. The highest BCUT2D eigenvalue weighted by Gasteiger charge is 2.31. The molecular weight excluding hydrogens is 238 g/mol. The molecule has 100 valence electrons. The van der Waals surface area contributed by atoms with E-state index in [1.165, 1.54) is 5.56 Å². The lowest BCUT2D eigenvalue weighted by molar-refractivity contribution is 0.313. The second kappa shape index (κ2) is 5.11. The van der Waals surface area contributed by atoms with Gasteiger partial charge in [0.25, 0.3) is 0 Å². The number of hydrogen-bond donors (Lipinski definition) is 1. The Morgan fingerprint density at radius 2 is 2.21 bits per heavy atom. The highest BCUT2D eigenvalue weighted by atomic mass is 15.3. The van der Waals surface area contributed by atoms with Crippen LogP contribution in [0.25, 0.3) is 5.69 Å². The molecule has 0 bridgehead atoms. The summed E-state index contributed by atoms with van der Waals surface area (Å²) in [5.41, 5.74) is 8.22. The van der Waals surface area contributed by atoms with Gasteiger partial charge in [0.15, 0.2) is 0 Å². The van der Waals surface area contributed by atoms with Crippen LogP contribution in [-0.2, 0) is 0 Å². The fourth-order valence-corrected chi connectivity index (χ4v) is 2.95. The van der Waals surface area contributed by atoms with Crippen LogP contribution in [0.15, 0.2) is 36.9 Å². The monoisotopic (exact) mass is 257 g/mol. The molecule has 0 amide bonds. The number of rotatable bonds is 3. The lowest BCUT2D eigenvalue weighted by atomic mass is 9.98. The van der Waals surface area contributed by atoms with Crippen molar-refractivity contribution in [2.24, 2.45) is 11.7 Å². The molecule has 1 aromatic heterocycles. The van der Waals surface area contributed by atoms with Gasteiger partial charge in [-0.1, -0.05) is 18.2 Å². The first-order valence-electron chi connectivity index (χ1n) is 6.64. The van der Waals surface area contributed by atoms with Gasteiger partial charge in [-0.25, -0.2) is 9.67 Å².